The van der Waals surface area contributed by atoms with Gasteiger partial charge in [0.15, 0.2) is 0 Å². The molecule has 8 rings (SSSR count). The van der Waals surface area contributed by atoms with Crippen molar-refractivity contribution < 1.29 is 0 Å². The third-order valence-corrected chi connectivity index (χ3v) is 7.11. The van der Waals surface area contributed by atoms with Crippen LogP contribution in [0.3, 0.4) is 0 Å². The first-order chi connectivity index (χ1) is 18.3. The molecule has 0 bridgehead atoms. The Bertz CT molecular complexity index is 1910. The Morgan fingerprint density at radius 3 is 2.11 bits per heavy atom. The van der Waals surface area contributed by atoms with Crippen LogP contribution in [0.25, 0.3) is 44.8 Å². The van der Waals surface area contributed by atoms with Gasteiger partial charge in [-0.25, -0.2) is 9.97 Å². The quantitative estimate of drug-likeness (QED) is 0.256. The van der Waals surface area contributed by atoms with Gasteiger partial charge in [0.2, 0.25) is 5.95 Å². The van der Waals surface area contributed by atoms with Crippen LogP contribution in [0.1, 0.15) is 0 Å². The first-order valence-electron chi connectivity index (χ1n) is 12.4. The average Bonchev–Trinajstić information content (AvgIpc) is 3.53. The summed E-state index contributed by atoms with van der Waals surface area (Å²) >= 11 is 0. The predicted molar refractivity (Wildman–Crippen MR) is 149 cm³/mol. The van der Waals surface area contributed by atoms with Crippen molar-refractivity contribution in [3.8, 4) is 28.1 Å². The number of imidazole rings is 2. The van der Waals surface area contributed by atoms with Crippen LogP contribution in [-0.2, 0) is 0 Å². The van der Waals surface area contributed by atoms with Gasteiger partial charge in [0.25, 0.3) is 0 Å². The van der Waals surface area contributed by atoms with E-state index in [9.17, 15) is 0 Å². The molecule has 1 aliphatic rings. The number of pyridine rings is 1. The molecule has 0 aliphatic carbocycles. The maximum atomic E-state index is 5.15. The van der Waals surface area contributed by atoms with Gasteiger partial charge < -0.3 is 4.40 Å². The third kappa shape index (κ3) is 2.98. The number of aromatic nitrogens is 4. The largest absolute Gasteiger partial charge is 0.306 e. The highest BCUT2D eigenvalue weighted by atomic mass is 15.3. The Morgan fingerprint density at radius 2 is 1.27 bits per heavy atom. The van der Waals surface area contributed by atoms with Gasteiger partial charge in [-0.15, -0.1) is 0 Å². The molecule has 37 heavy (non-hydrogen) atoms. The topological polar surface area (TPSA) is 38.4 Å². The van der Waals surface area contributed by atoms with E-state index in [4.69, 9.17) is 9.97 Å². The van der Waals surface area contributed by atoms with Crippen LogP contribution in [0.5, 0.6) is 0 Å². The van der Waals surface area contributed by atoms with Crippen LogP contribution in [0, 0.1) is 0 Å². The first kappa shape index (κ1) is 20.1. The van der Waals surface area contributed by atoms with Gasteiger partial charge in [0, 0.05) is 34.8 Å². The molecule has 7 aromatic rings. The molecule has 0 unspecified atom stereocenters. The molecule has 1 aliphatic heterocycles. The summed E-state index contributed by atoms with van der Waals surface area (Å²) in [7, 11) is 0. The summed E-state index contributed by atoms with van der Waals surface area (Å²) in [5, 5.41) is 0. The molecule has 5 nitrogen and oxygen atoms in total. The van der Waals surface area contributed by atoms with Crippen LogP contribution >= 0.6 is 0 Å². The average molecular weight is 476 g/mol. The van der Waals surface area contributed by atoms with Gasteiger partial charge in [0.1, 0.15) is 5.65 Å². The second-order valence-corrected chi connectivity index (χ2v) is 9.24. The summed E-state index contributed by atoms with van der Waals surface area (Å²) < 4.78 is 4.33. The fourth-order valence-corrected chi connectivity index (χ4v) is 5.41. The molecule has 0 spiro atoms. The number of nitrogens with zero attached hydrogens (tertiary/aromatic N) is 5. The highest BCUT2D eigenvalue weighted by Crippen LogP contribution is 2.47. The van der Waals surface area contributed by atoms with E-state index in [0.29, 0.717) is 0 Å². The molecule has 5 heteroatoms. The standard InChI is InChI=1S/C32H21N5/c1-4-12-28-24(9-1)25-10-2-5-13-29(25)37-30-14-6-3-11-26(30)34-32(37)36(28)23-18-16-22(17-19-23)27-21-35-20-8-7-15-31(35)33-27/h1-21H. The minimum Gasteiger partial charge on any atom is -0.306 e. The minimum absolute atomic E-state index is 0.874. The number of para-hydroxylation sites is 4. The normalized spacial score (nSPS) is 12.3. The van der Waals surface area contributed by atoms with Crippen molar-refractivity contribution in [1.29, 1.82) is 0 Å². The molecular formula is C32H21N5. The van der Waals surface area contributed by atoms with E-state index in [1.54, 1.807) is 0 Å². The molecule has 0 amide bonds. The second-order valence-electron chi connectivity index (χ2n) is 9.24. The zero-order valence-corrected chi connectivity index (χ0v) is 19.9. The van der Waals surface area contributed by atoms with Gasteiger partial charge in [-0.3, -0.25) is 9.47 Å². The lowest BCUT2D eigenvalue weighted by Crippen LogP contribution is -2.14. The molecule has 174 valence electrons. The van der Waals surface area contributed by atoms with Gasteiger partial charge >= 0.3 is 0 Å². The smallest absolute Gasteiger partial charge is 0.220 e. The number of benzene rings is 4. The lowest BCUT2D eigenvalue weighted by Gasteiger charge is -2.24. The van der Waals surface area contributed by atoms with Crippen molar-refractivity contribution in [2.75, 3.05) is 4.90 Å². The first-order valence-corrected chi connectivity index (χ1v) is 12.4. The lowest BCUT2D eigenvalue weighted by molar-refractivity contribution is 1.05. The van der Waals surface area contributed by atoms with Crippen molar-refractivity contribution in [2.45, 2.75) is 0 Å². The molecular weight excluding hydrogens is 454 g/mol. The van der Waals surface area contributed by atoms with Crippen LogP contribution in [-0.4, -0.2) is 18.9 Å². The van der Waals surface area contributed by atoms with Gasteiger partial charge in [-0.05, 0) is 48.5 Å². The number of rotatable bonds is 2. The van der Waals surface area contributed by atoms with Crippen LogP contribution < -0.4 is 4.90 Å². The molecule has 4 aromatic carbocycles. The van der Waals surface area contributed by atoms with E-state index in [1.807, 2.05) is 34.9 Å². The summed E-state index contributed by atoms with van der Waals surface area (Å²) in [4.78, 5) is 12.2. The molecule has 0 N–H and O–H groups in total. The Hall–Kier alpha value is -5.16. The van der Waals surface area contributed by atoms with E-state index in [2.05, 4.69) is 107 Å². The molecule has 0 saturated heterocycles. The Morgan fingerprint density at radius 1 is 0.568 bits per heavy atom. The summed E-state index contributed by atoms with van der Waals surface area (Å²) in [6, 6.07) is 40.2. The lowest BCUT2D eigenvalue weighted by atomic mass is 10.0. The van der Waals surface area contributed by atoms with Crippen molar-refractivity contribution >= 4 is 34.0 Å². The van der Waals surface area contributed by atoms with Crippen LogP contribution in [0.4, 0.5) is 17.3 Å². The van der Waals surface area contributed by atoms with E-state index in [1.165, 1.54) is 11.1 Å². The van der Waals surface area contributed by atoms with Gasteiger partial charge in [-0.2, -0.15) is 0 Å². The zero-order chi connectivity index (χ0) is 24.3. The minimum atomic E-state index is 0.874. The Balaban J connectivity index is 1.36. The van der Waals surface area contributed by atoms with E-state index < -0.39 is 0 Å². The third-order valence-electron chi connectivity index (χ3n) is 7.11. The SMILES string of the molecule is c1ccc2c(c1)-c1ccccc1-n1c(nc3ccccc31)N2c1ccc(-c2cn3ccccc3n2)cc1. The van der Waals surface area contributed by atoms with Crippen molar-refractivity contribution in [3.05, 3.63) is 128 Å². The van der Waals surface area contributed by atoms with Gasteiger partial charge in [-0.1, -0.05) is 66.7 Å². The molecule has 0 saturated carbocycles. The summed E-state index contributed by atoms with van der Waals surface area (Å²) in [5.74, 6) is 0.874. The summed E-state index contributed by atoms with van der Waals surface area (Å²) in [5.41, 5.74) is 10.7. The van der Waals surface area contributed by atoms with Crippen molar-refractivity contribution in [2.24, 2.45) is 0 Å². The second kappa shape index (κ2) is 7.67. The number of hydrogen-bond acceptors (Lipinski definition) is 3. The molecule has 0 fully saturated rings. The fourth-order valence-electron chi connectivity index (χ4n) is 5.41. The molecule has 0 atom stereocenters. The zero-order valence-electron chi connectivity index (χ0n) is 19.9. The number of fused-ring (bicyclic) bond motifs is 8. The highest BCUT2D eigenvalue weighted by molar-refractivity contribution is 5.96. The molecule has 3 aromatic heterocycles. The molecule has 4 heterocycles. The van der Waals surface area contributed by atoms with Crippen LogP contribution in [0.2, 0.25) is 0 Å². The Labute approximate surface area is 213 Å². The van der Waals surface area contributed by atoms with Crippen LogP contribution in [0.15, 0.2) is 128 Å². The molecule has 0 radical (unpaired) electrons. The van der Waals surface area contributed by atoms with E-state index in [-0.39, 0.29) is 0 Å². The highest BCUT2D eigenvalue weighted by Gasteiger charge is 2.28. The fraction of sp³-hybridized carbons (Fsp3) is 0. The summed E-state index contributed by atoms with van der Waals surface area (Å²) in [6.45, 7) is 0. The van der Waals surface area contributed by atoms with Crippen molar-refractivity contribution in [1.82, 2.24) is 18.9 Å². The van der Waals surface area contributed by atoms with Crippen molar-refractivity contribution in [3.63, 3.8) is 0 Å². The maximum Gasteiger partial charge on any atom is 0.220 e. The Kier molecular flexibility index (Phi) is 4.16. The van der Waals surface area contributed by atoms with E-state index in [0.717, 1.165) is 50.9 Å². The number of anilines is 3. The van der Waals surface area contributed by atoms with Gasteiger partial charge in [0.05, 0.1) is 28.1 Å². The summed E-state index contributed by atoms with van der Waals surface area (Å²) in [6.07, 6.45) is 4.10. The van der Waals surface area contributed by atoms with E-state index >= 15 is 0 Å². The monoisotopic (exact) mass is 475 g/mol. The number of hydrogen-bond donors (Lipinski definition) is 0. The maximum absolute atomic E-state index is 5.15. The predicted octanol–water partition coefficient (Wildman–Crippen LogP) is 7.79.